The van der Waals surface area contributed by atoms with Crippen LogP contribution in [-0.2, 0) is 19.4 Å². The Morgan fingerprint density at radius 2 is 2.03 bits per heavy atom. The summed E-state index contributed by atoms with van der Waals surface area (Å²) in [6.07, 6.45) is 2.54. The summed E-state index contributed by atoms with van der Waals surface area (Å²) in [5.74, 6) is -0.164. The van der Waals surface area contributed by atoms with Crippen LogP contribution in [-0.4, -0.2) is 69.2 Å². The topological polar surface area (TPSA) is 103 Å². The van der Waals surface area contributed by atoms with Crippen molar-refractivity contribution in [1.82, 2.24) is 19.8 Å². The second-order valence-corrected chi connectivity index (χ2v) is 10.2. The summed E-state index contributed by atoms with van der Waals surface area (Å²) in [6.45, 7) is 8.28. The number of amides is 1. The van der Waals surface area contributed by atoms with E-state index < -0.39 is 5.95 Å². The molecule has 0 saturated carbocycles. The SMILES string of the molecule is CCOc1cc(CN2CCc3c(cc(CCN4CC(O)C4C)cc3-c3ccc(F)nc3C)C2=O)ncc1C#N. The van der Waals surface area contributed by atoms with Crippen LogP contribution in [0.1, 0.15) is 52.3 Å². The van der Waals surface area contributed by atoms with Crippen molar-refractivity contribution in [2.24, 2.45) is 0 Å². The number of fused-ring (bicyclic) bond motifs is 1. The zero-order chi connectivity index (χ0) is 27.7. The summed E-state index contributed by atoms with van der Waals surface area (Å²) >= 11 is 0. The summed E-state index contributed by atoms with van der Waals surface area (Å²) in [4.78, 5) is 26.2. The zero-order valence-electron chi connectivity index (χ0n) is 22.4. The maximum Gasteiger partial charge on any atom is 0.254 e. The monoisotopic (exact) mass is 529 g/mol. The van der Waals surface area contributed by atoms with Crippen molar-refractivity contribution in [3.8, 4) is 22.9 Å². The number of halogens is 1. The zero-order valence-corrected chi connectivity index (χ0v) is 22.4. The fourth-order valence-corrected chi connectivity index (χ4v) is 5.41. The van der Waals surface area contributed by atoms with Crippen LogP contribution in [0.3, 0.4) is 0 Å². The molecular formula is C30H32FN5O3. The Morgan fingerprint density at radius 1 is 1.23 bits per heavy atom. The highest BCUT2D eigenvalue weighted by molar-refractivity contribution is 5.99. The van der Waals surface area contributed by atoms with Gasteiger partial charge in [-0.15, -0.1) is 0 Å². The molecule has 0 bridgehead atoms. The molecule has 9 heteroatoms. The number of hydrogen-bond donors (Lipinski definition) is 1. The minimum Gasteiger partial charge on any atom is -0.492 e. The Labute approximate surface area is 227 Å². The van der Waals surface area contributed by atoms with Crippen molar-refractivity contribution in [2.45, 2.75) is 52.3 Å². The first-order valence-corrected chi connectivity index (χ1v) is 13.3. The third-order valence-electron chi connectivity index (χ3n) is 7.74. The van der Waals surface area contributed by atoms with Gasteiger partial charge in [-0.2, -0.15) is 9.65 Å². The molecule has 1 aromatic carbocycles. The third kappa shape index (κ3) is 5.35. The lowest BCUT2D eigenvalue weighted by Gasteiger charge is -2.43. The molecule has 5 rings (SSSR count). The molecule has 3 aromatic rings. The summed E-state index contributed by atoms with van der Waals surface area (Å²) in [7, 11) is 0. The lowest BCUT2D eigenvalue weighted by atomic mass is 9.87. The highest BCUT2D eigenvalue weighted by Crippen LogP contribution is 2.34. The van der Waals surface area contributed by atoms with Crippen molar-refractivity contribution in [2.75, 3.05) is 26.2 Å². The van der Waals surface area contributed by atoms with Crippen LogP contribution in [0.2, 0.25) is 0 Å². The van der Waals surface area contributed by atoms with Crippen LogP contribution in [0.4, 0.5) is 4.39 Å². The molecule has 2 aromatic heterocycles. The van der Waals surface area contributed by atoms with Crippen LogP contribution >= 0.6 is 0 Å². The molecule has 2 aliphatic rings. The predicted molar refractivity (Wildman–Crippen MR) is 144 cm³/mol. The van der Waals surface area contributed by atoms with Crippen LogP contribution in [0.25, 0.3) is 11.1 Å². The molecule has 4 heterocycles. The van der Waals surface area contributed by atoms with Crippen LogP contribution in [0, 0.1) is 24.2 Å². The Balaban J connectivity index is 1.47. The number of benzene rings is 1. The number of aromatic nitrogens is 2. The van der Waals surface area contributed by atoms with E-state index in [0.29, 0.717) is 67.3 Å². The number of likely N-dealkylation sites (tertiary alicyclic amines) is 1. The number of carbonyl (C=O) groups is 1. The van der Waals surface area contributed by atoms with E-state index >= 15 is 0 Å². The number of carbonyl (C=O) groups excluding carboxylic acids is 1. The van der Waals surface area contributed by atoms with E-state index in [9.17, 15) is 19.6 Å². The molecule has 0 radical (unpaired) electrons. The Hall–Kier alpha value is -3.87. The molecule has 2 atom stereocenters. The van der Waals surface area contributed by atoms with Gasteiger partial charge in [0.05, 0.1) is 24.9 Å². The minimum absolute atomic E-state index is 0.0936. The van der Waals surface area contributed by atoms with Gasteiger partial charge in [-0.05, 0) is 68.5 Å². The first-order chi connectivity index (χ1) is 18.8. The molecule has 202 valence electrons. The number of β-amino-alcohol motifs (C(OH)–C–C–N with tert-alkyl or cyclic N) is 1. The standard InChI is InChI=1S/C30H32FN5O3/c1-4-39-28-13-22(33-15-21(28)14-32)16-36-10-8-24-25(23-5-6-29(31)34-18(23)2)11-20(12-26(24)30(36)38)7-9-35-17-27(37)19(35)3/h5-6,11-13,15,19,27,37H,4,7-10,16-17H2,1-3H3. The number of nitriles is 1. The molecule has 39 heavy (non-hydrogen) atoms. The maximum absolute atomic E-state index is 13.8. The fraction of sp³-hybridized carbons (Fsp3) is 0.400. The van der Waals surface area contributed by atoms with E-state index in [-0.39, 0.29) is 18.1 Å². The molecule has 0 aliphatic carbocycles. The summed E-state index contributed by atoms with van der Waals surface area (Å²) in [6, 6.07) is 11.1. The van der Waals surface area contributed by atoms with E-state index in [2.05, 4.69) is 27.0 Å². The Kier molecular flexibility index (Phi) is 7.60. The third-order valence-corrected chi connectivity index (χ3v) is 7.74. The first-order valence-electron chi connectivity index (χ1n) is 13.3. The lowest BCUT2D eigenvalue weighted by molar-refractivity contribution is -0.0510. The molecule has 1 N–H and O–H groups in total. The number of aliphatic hydroxyl groups is 1. The number of ether oxygens (including phenoxy) is 1. The van der Waals surface area contributed by atoms with Crippen LogP contribution < -0.4 is 4.74 Å². The second kappa shape index (κ2) is 11.1. The average Bonchev–Trinajstić information content (AvgIpc) is 2.92. The smallest absolute Gasteiger partial charge is 0.254 e. The van der Waals surface area contributed by atoms with Gasteiger partial charge in [0.1, 0.15) is 17.4 Å². The maximum atomic E-state index is 13.8. The van der Waals surface area contributed by atoms with Crippen molar-refractivity contribution in [3.05, 3.63) is 76.1 Å². The van der Waals surface area contributed by atoms with Crippen LogP contribution in [0.5, 0.6) is 5.75 Å². The van der Waals surface area contributed by atoms with Gasteiger partial charge in [-0.25, -0.2) is 4.98 Å². The van der Waals surface area contributed by atoms with Gasteiger partial charge in [0.25, 0.3) is 5.91 Å². The Bertz CT molecular complexity index is 1450. The normalized spacial score (nSPS) is 18.9. The molecular weight excluding hydrogens is 497 g/mol. The number of nitrogens with zero attached hydrogens (tertiary/aromatic N) is 5. The molecule has 8 nitrogen and oxygen atoms in total. The molecule has 1 fully saturated rings. The van der Waals surface area contributed by atoms with Crippen molar-refractivity contribution >= 4 is 5.91 Å². The number of rotatable bonds is 8. The van der Waals surface area contributed by atoms with Gasteiger partial charge in [-0.3, -0.25) is 14.7 Å². The van der Waals surface area contributed by atoms with E-state index in [1.807, 2.05) is 19.9 Å². The quantitative estimate of drug-likeness (QED) is 0.444. The number of hydrogen-bond acceptors (Lipinski definition) is 7. The van der Waals surface area contributed by atoms with E-state index in [1.54, 1.807) is 24.0 Å². The van der Waals surface area contributed by atoms with Crippen molar-refractivity contribution in [1.29, 1.82) is 5.26 Å². The van der Waals surface area contributed by atoms with Gasteiger partial charge >= 0.3 is 0 Å². The first kappa shape index (κ1) is 26.7. The van der Waals surface area contributed by atoms with Crippen molar-refractivity contribution < 1.29 is 19.0 Å². The number of aliphatic hydroxyl groups excluding tert-OH is 1. The molecule has 2 unspecified atom stereocenters. The van der Waals surface area contributed by atoms with Gasteiger partial charge in [0.15, 0.2) is 0 Å². The highest BCUT2D eigenvalue weighted by Gasteiger charge is 2.33. The largest absolute Gasteiger partial charge is 0.492 e. The van der Waals surface area contributed by atoms with E-state index in [4.69, 9.17) is 4.74 Å². The van der Waals surface area contributed by atoms with Gasteiger partial charge < -0.3 is 14.7 Å². The second-order valence-electron chi connectivity index (χ2n) is 10.2. The van der Waals surface area contributed by atoms with E-state index in [0.717, 1.165) is 28.8 Å². The van der Waals surface area contributed by atoms with Gasteiger partial charge in [0.2, 0.25) is 5.95 Å². The van der Waals surface area contributed by atoms with Gasteiger partial charge in [-0.1, -0.05) is 6.07 Å². The number of pyridine rings is 2. The predicted octanol–water partition coefficient (Wildman–Crippen LogP) is 3.67. The lowest BCUT2D eigenvalue weighted by Crippen LogP contribution is -2.58. The molecule has 2 aliphatic heterocycles. The van der Waals surface area contributed by atoms with Gasteiger partial charge in [0, 0.05) is 54.8 Å². The summed E-state index contributed by atoms with van der Waals surface area (Å²) < 4.78 is 19.4. The highest BCUT2D eigenvalue weighted by atomic mass is 19.1. The fourth-order valence-electron chi connectivity index (χ4n) is 5.41. The van der Waals surface area contributed by atoms with Crippen molar-refractivity contribution in [3.63, 3.8) is 0 Å². The summed E-state index contributed by atoms with van der Waals surface area (Å²) in [5, 5.41) is 19.2. The van der Waals surface area contributed by atoms with Crippen LogP contribution in [0.15, 0.2) is 36.5 Å². The Morgan fingerprint density at radius 3 is 2.72 bits per heavy atom. The number of aryl methyl sites for hydroxylation is 1. The van der Waals surface area contributed by atoms with E-state index in [1.165, 1.54) is 12.3 Å². The summed E-state index contributed by atoms with van der Waals surface area (Å²) in [5.41, 5.74) is 5.89. The molecule has 0 spiro atoms. The minimum atomic E-state index is -0.532. The molecule has 1 saturated heterocycles. The molecule has 1 amide bonds. The average molecular weight is 530 g/mol.